The van der Waals surface area contributed by atoms with E-state index in [1.807, 2.05) is 36.7 Å². The number of nitrogens with zero attached hydrogens (tertiary/aromatic N) is 5. The number of anilines is 1. The van der Waals surface area contributed by atoms with Gasteiger partial charge in [0.15, 0.2) is 17.3 Å². The second-order valence-electron chi connectivity index (χ2n) is 8.30. The van der Waals surface area contributed by atoms with E-state index in [1.165, 1.54) is 7.11 Å². The molecule has 2 N–H and O–H groups in total. The number of aromatic amines is 1. The van der Waals surface area contributed by atoms with E-state index in [0.717, 1.165) is 22.0 Å². The fourth-order valence-corrected chi connectivity index (χ4v) is 3.99. The molecule has 0 atom stereocenters. The molecule has 3 heterocycles. The number of methoxy groups -OCH3 is 1. The van der Waals surface area contributed by atoms with Gasteiger partial charge in [0, 0.05) is 48.4 Å². The predicted octanol–water partition coefficient (Wildman–Crippen LogP) is 3.14. The SMILES string of the molecule is COc1cc(CCOc2nc(CN=Cc3c[nH]c4ccccc34)nc(N3CCOCC3)n2)ccc1O. The van der Waals surface area contributed by atoms with E-state index in [9.17, 15) is 5.11 Å². The quantitative estimate of drug-likeness (QED) is 0.345. The first kappa shape index (κ1) is 23.6. The molecule has 1 fully saturated rings. The number of nitrogens with one attached hydrogen (secondary N) is 1. The number of rotatable bonds is 9. The van der Waals surface area contributed by atoms with Crippen molar-refractivity contribution < 1.29 is 19.3 Å². The molecule has 0 bridgehead atoms. The molecule has 10 nitrogen and oxygen atoms in total. The summed E-state index contributed by atoms with van der Waals surface area (Å²) in [5.41, 5.74) is 3.04. The first-order chi connectivity index (χ1) is 17.7. The van der Waals surface area contributed by atoms with Gasteiger partial charge in [-0.05, 0) is 23.8 Å². The number of phenolic OH excluding ortho intramolecular Hbond substituents is 1. The Kier molecular flexibility index (Phi) is 7.23. The van der Waals surface area contributed by atoms with E-state index >= 15 is 0 Å². The third kappa shape index (κ3) is 5.55. The lowest BCUT2D eigenvalue weighted by atomic mass is 10.1. The summed E-state index contributed by atoms with van der Waals surface area (Å²) in [6.07, 6.45) is 4.37. The molecule has 10 heteroatoms. The molecule has 36 heavy (non-hydrogen) atoms. The molecule has 4 aromatic rings. The van der Waals surface area contributed by atoms with Crippen molar-refractivity contribution >= 4 is 23.1 Å². The van der Waals surface area contributed by atoms with Crippen molar-refractivity contribution in [3.63, 3.8) is 0 Å². The molecule has 2 aromatic carbocycles. The number of benzene rings is 2. The second-order valence-corrected chi connectivity index (χ2v) is 8.30. The molecular weight excluding hydrogens is 460 g/mol. The number of phenols is 1. The minimum absolute atomic E-state index is 0.104. The average molecular weight is 489 g/mol. The fourth-order valence-electron chi connectivity index (χ4n) is 3.99. The first-order valence-corrected chi connectivity index (χ1v) is 11.8. The van der Waals surface area contributed by atoms with Crippen molar-refractivity contribution in [3.05, 3.63) is 65.6 Å². The van der Waals surface area contributed by atoms with Gasteiger partial charge in [-0.1, -0.05) is 24.3 Å². The highest BCUT2D eigenvalue weighted by Crippen LogP contribution is 2.26. The number of ether oxygens (including phenoxy) is 3. The lowest BCUT2D eigenvalue weighted by molar-refractivity contribution is 0.122. The third-order valence-corrected chi connectivity index (χ3v) is 5.89. The number of aromatic hydroxyl groups is 1. The number of aromatic nitrogens is 4. The van der Waals surface area contributed by atoms with Crippen LogP contribution in [-0.4, -0.2) is 71.3 Å². The Morgan fingerprint density at radius 2 is 2.00 bits per heavy atom. The molecule has 1 saturated heterocycles. The summed E-state index contributed by atoms with van der Waals surface area (Å²) in [7, 11) is 1.52. The maximum absolute atomic E-state index is 9.80. The zero-order chi connectivity index (χ0) is 24.7. The van der Waals surface area contributed by atoms with Crippen LogP contribution < -0.4 is 14.4 Å². The van der Waals surface area contributed by atoms with Crippen LogP contribution in [0.15, 0.2) is 53.7 Å². The van der Waals surface area contributed by atoms with Gasteiger partial charge in [-0.25, -0.2) is 0 Å². The number of H-pyrrole nitrogens is 1. The zero-order valence-electron chi connectivity index (χ0n) is 20.1. The first-order valence-electron chi connectivity index (χ1n) is 11.8. The Balaban J connectivity index is 1.30. The summed E-state index contributed by atoms with van der Waals surface area (Å²) in [6, 6.07) is 13.6. The molecule has 186 valence electrons. The maximum Gasteiger partial charge on any atom is 0.321 e. The van der Waals surface area contributed by atoms with E-state index in [0.29, 0.717) is 63.4 Å². The number of aliphatic imine (C=N–C) groups is 1. The summed E-state index contributed by atoms with van der Waals surface area (Å²) in [6.45, 7) is 3.31. The summed E-state index contributed by atoms with van der Waals surface area (Å²) < 4.78 is 16.6. The minimum atomic E-state index is 0.104. The Labute approximate surface area is 208 Å². The van der Waals surface area contributed by atoms with Crippen molar-refractivity contribution in [1.29, 1.82) is 0 Å². The second kappa shape index (κ2) is 11.0. The molecule has 2 aromatic heterocycles. The Morgan fingerprint density at radius 3 is 2.86 bits per heavy atom. The van der Waals surface area contributed by atoms with Gasteiger partial charge >= 0.3 is 6.01 Å². The average Bonchev–Trinajstić information content (AvgIpc) is 3.33. The van der Waals surface area contributed by atoms with Crippen molar-refractivity contribution in [1.82, 2.24) is 19.9 Å². The number of hydrogen-bond donors (Lipinski definition) is 2. The van der Waals surface area contributed by atoms with Crippen LogP contribution >= 0.6 is 0 Å². The van der Waals surface area contributed by atoms with E-state index in [2.05, 4.69) is 35.9 Å². The lowest BCUT2D eigenvalue weighted by Gasteiger charge is -2.26. The van der Waals surface area contributed by atoms with Crippen LogP contribution in [0.4, 0.5) is 5.95 Å². The van der Waals surface area contributed by atoms with Crippen molar-refractivity contribution in [2.45, 2.75) is 13.0 Å². The smallest absolute Gasteiger partial charge is 0.321 e. The summed E-state index contributed by atoms with van der Waals surface area (Å²) in [4.78, 5) is 23.6. The zero-order valence-corrected chi connectivity index (χ0v) is 20.1. The molecule has 0 unspecified atom stereocenters. The summed E-state index contributed by atoms with van der Waals surface area (Å²) >= 11 is 0. The van der Waals surface area contributed by atoms with Crippen LogP contribution in [0.5, 0.6) is 17.5 Å². The van der Waals surface area contributed by atoms with Crippen molar-refractivity contribution in [3.8, 4) is 17.5 Å². The standard InChI is InChI=1S/C26H28N6O4/c1-34-23-14-18(6-7-22(23)33)8-11-36-26-30-24(29-25(31-26)32-9-12-35-13-10-32)17-27-15-19-16-28-21-5-3-2-4-20(19)21/h2-7,14-16,28,33H,8-13,17H2,1H3. The van der Waals surface area contributed by atoms with Gasteiger partial charge in [-0.3, -0.25) is 4.99 Å². The summed E-state index contributed by atoms with van der Waals surface area (Å²) in [5.74, 6) is 1.63. The topological polar surface area (TPSA) is 118 Å². The predicted molar refractivity (Wildman–Crippen MR) is 136 cm³/mol. The maximum atomic E-state index is 9.80. The number of hydrogen-bond acceptors (Lipinski definition) is 9. The number of para-hydroxylation sites is 1. The van der Waals surface area contributed by atoms with Gasteiger partial charge in [0.05, 0.1) is 33.5 Å². The minimum Gasteiger partial charge on any atom is -0.504 e. The van der Waals surface area contributed by atoms with Gasteiger partial charge in [0.25, 0.3) is 0 Å². The molecular formula is C26H28N6O4. The molecule has 0 spiro atoms. The van der Waals surface area contributed by atoms with Gasteiger partial charge in [0.1, 0.15) is 0 Å². The number of morpholine rings is 1. The normalized spacial score (nSPS) is 14.0. The van der Waals surface area contributed by atoms with E-state index < -0.39 is 0 Å². The third-order valence-electron chi connectivity index (χ3n) is 5.89. The molecule has 1 aliphatic rings. The Hall–Kier alpha value is -4.18. The van der Waals surface area contributed by atoms with Crippen LogP contribution in [-0.2, 0) is 17.7 Å². The highest BCUT2D eigenvalue weighted by molar-refractivity contribution is 5.98. The van der Waals surface area contributed by atoms with Crippen molar-refractivity contribution in [2.24, 2.45) is 4.99 Å². The molecule has 0 radical (unpaired) electrons. The van der Waals surface area contributed by atoms with Crippen LogP contribution in [0, 0.1) is 0 Å². The fraction of sp³-hybridized carbons (Fsp3) is 0.308. The van der Waals surface area contributed by atoms with Gasteiger partial charge in [-0.2, -0.15) is 15.0 Å². The number of fused-ring (bicyclic) bond motifs is 1. The van der Waals surface area contributed by atoms with Gasteiger partial charge in [-0.15, -0.1) is 0 Å². The van der Waals surface area contributed by atoms with Crippen LogP contribution in [0.25, 0.3) is 10.9 Å². The lowest BCUT2D eigenvalue weighted by Crippen LogP contribution is -2.37. The van der Waals surface area contributed by atoms with Gasteiger partial charge < -0.3 is 29.2 Å². The molecule has 0 aliphatic carbocycles. The van der Waals surface area contributed by atoms with E-state index in [-0.39, 0.29) is 11.8 Å². The molecule has 1 aliphatic heterocycles. The molecule has 5 rings (SSSR count). The van der Waals surface area contributed by atoms with E-state index in [1.54, 1.807) is 12.1 Å². The molecule has 0 saturated carbocycles. The highest BCUT2D eigenvalue weighted by atomic mass is 16.5. The Morgan fingerprint density at radius 1 is 1.14 bits per heavy atom. The highest BCUT2D eigenvalue weighted by Gasteiger charge is 2.17. The van der Waals surface area contributed by atoms with E-state index in [4.69, 9.17) is 14.2 Å². The van der Waals surface area contributed by atoms with Crippen molar-refractivity contribution in [2.75, 3.05) is 44.9 Å². The summed E-state index contributed by atoms with van der Waals surface area (Å²) in [5, 5.41) is 10.9. The van der Waals surface area contributed by atoms with Crippen LogP contribution in [0.2, 0.25) is 0 Å². The largest absolute Gasteiger partial charge is 0.504 e. The van der Waals surface area contributed by atoms with Gasteiger partial charge in [0.2, 0.25) is 5.95 Å². The van der Waals surface area contributed by atoms with Crippen LogP contribution in [0.3, 0.4) is 0 Å². The monoisotopic (exact) mass is 488 g/mol. The Bertz CT molecular complexity index is 1350. The van der Waals surface area contributed by atoms with Crippen LogP contribution in [0.1, 0.15) is 17.0 Å². The molecule has 0 amide bonds.